The molecule has 0 heterocycles. The maximum Gasteiger partial charge on any atom is 1.00 e. The van der Waals surface area contributed by atoms with Crippen molar-refractivity contribution in [2.45, 2.75) is 26.2 Å². The van der Waals surface area contributed by atoms with Crippen molar-refractivity contribution in [2.75, 3.05) is 6.61 Å². The number of unbranched alkanes of at least 4 members (excludes halogenated alkanes) is 1. The van der Waals surface area contributed by atoms with E-state index in [0.717, 1.165) is 12.8 Å². The molecule has 0 aliphatic heterocycles. The average molecular weight is 168 g/mol. The molecule has 1 N–H and O–H groups in total. The Labute approximate surface area is 84.9 Å². The van der Waals surface area contributed by atoms with Crippen LogP contribution in [0.15, 0.2) is 0 Å². The van der Waals surface area contributed by atoms with Gasteiger partial charge in [0.2, 0.25) is 0 Å². The minimum Gasteiger partial charge on any atom is -1.00 e. The maximum absolute atomic E-state index is 10.5. The van der Waals surface area contributed by atoms with Crippen LogP contribution >= 0.6 is 0 Å². The van der Waals surface area contributed by atoms with Gasteiger partial charge in [0, 0.05) is 0 Å². The van der Waals surface area contributed by atoms with Crippen molar-refractivity contribution < 1.29 is 39.7 Å². The second kappa shape index (κ2) is 8.63. The number of aliphatic carboxylic acids is 1. The van der Waals surface area contributed by atoms with Gasteiger partial charge >= 0.3 is 30.8 Å². The van der Waals surface area contributed by atoms with E-state index >= 15 is 0 Å². The fraction of sp³-hybridized carbons (Fsp3) is 0.714. The SMILES string of the molecule is CCCCOC(=O)CC(=O)O.[H-].[Li+]. The third kappa shape index (κ3) is 9.54. The van der Waals surface area contributed by atoms with E-state index in [-0.39, 0.29) is 20.3 Å². The molecule has 0 saturated carbocycles. The molecule has 0 amide bonds. The molecule has 0 rings (SSSR count). The molecule has 0 aromatic carbocycles. The molecule has 0 aliphatic rings. The van der Waals surface area contributed by atoms with Crippen molar-refractivity contribution in [2.24, 2.45) is 0 Å². The van der Waals surface area contributed by atoms with Gasteiger partial charge in [-0.25, -0.2) is 0 Å². The van der Waals surface area contributed by atoms with E-state index in [9.17, 15) is 9.59 Å². The van der Waals surface area contributed by atoms with Gasteiger partial charge in [-0.05, 0) is 6.42 Å². The molecule has 5 heteroatoms. The zero-order valence-corrected chi connectivity index (χ0v) is 7.50. The Morgan fingerprint density at radius 3 is 2.50 bits per heavy atom. The van der Waals surface area contributed by atoms with E-state index in [2.05, 4.69) is 4.74 Å². The Kier molecular flexibility index (Phi) is 10.1. The largest absolute Gasteiger partial charge is 1.00 e. The number of hydrogen-bond donors (Lipinski definition) is 1. The van der Waals surface area contributed by atoms with Crippen molar-refractivity contribution in [3.05, 3.63) is 0 Å². The molecule has 0 saturated heterocycles. The van der Waals surface area contributed by atoms with E-state index in [1.807, 2.05) is 6.92 Å². The van der Waals surface area contributed by atoms with Crippen LogP contribution in [0.3, 0.4) is 0 Å². The molecule has 0 spiro atoms. The van der Waals surface area contributed by atoms with Crippen LogP contribution in [0.2, 0.25) is 0 Å². The minimum atomic E-state index is -1.15. The minimum absolute atomic E-state index is 0. The van der Waals surface area contributed by atoms with Crippen LogP contribution in [0.1, 0.15) is 27.6 Å². The molecule has 0 aromatic rings. The number of esters is 1. The van der Waals surface area contributed by atoms with Crippen LogP contribution in [0.5, 0.6) is 0 Å². The predicted octanol–water partition coefficient (Wildman–Crippen LogP) is -2.08. The summed E-state index contributed by atoms with van der Waals surface area (Å²) in [5.74, 6) is -1.81. The quantitative estimate of drug-likeness (QED) is 0.221. The summed E-state index contributed by atoms with van der Waals surface area (Å²) >= 11 is 0. The van der Waals surface area contributed by atoms with Crippen LogP contribution < -0.4 is 18.9 Å². The van der Waals surface area contributed by atoms with Gasteiger partial charge in [0.25, 0.3) is 0 Å². The van der Waals surface area contributed by atoms with Crippen molar-refractivity contribution in [1.82, 2.24) is 0 Å². The molecule has 0 bridgehead atoms. The number of carboxylic acid groups (broad SMARTS) is 1. The van der Waals surface area contributed by atoms with Crippen LogP contribution in [0.25, 0.3) is 0 Å². The smallest absolute Gasteiger partial charge is 1.00 e. The topological polar surface area (TPSA) is 63.6 Å². The summed E-state index contributed by atoms with van der Waals surface area (Å²) in [6.07, 6.45) is 1.18. The van der Waals surface area contributed by atoms with Gasteiger partial charge in [-0.2, -0.15) is 0 Å². The second-order valence-corrected chi connectivity index (χ2v) is 2.14. The first-order chi connectivity index (χ1) is 5.16. The average Bonchev–Trinajstić information content (AvgIpc) is 1.86. The van der Waals surface area contributed by atoms with Crippen molar-refractivity contribution in [1.29, 1.82) is 0 Å². The summed E-state index contributed by atoms with van der Waals surface area (Å²) in [6, 6.07) is 0. The number of ether oxygens (including phenoxy) is 1. The van der Waals surface area contributed by atoms with Gasteiger partial charge < -0.3 is 11.3 Å². The van der Waals surface area contributed by atoms with E-state index in [4.69, 9.17) is 5.11 Å². The fourth-order valence-electron chi connectivity index (χ4n) is 0.505. The fourth-order valence-corrected chi connectivity index (χ4v) is 0.505. The van der Waals surface area contributed by atoms with Crippen LogP contribution in [-0.4, -0.2) is 23.7 Å². The summed E-state index contributed by atoms with van der Waals surface area (Å²) in [5.41, 5.74) is 0. The summed E-state index contributed by atoms with van der Waals surface area (Å²) in [4.78, 5) is 20.5. The van der Waals surface area contributed by atoms with Gasteiger partial charge in [-0.1, -0.05) is 13.3 Å². The molecule has 0 aromatic heterocycles. The van der Waals surface area contributed by atoms with Gasteiger partial charge in [0.05, 0.1) is 6.61 Å². The zero-order valence-electron chi connectivity index (χ0n) is 8.50. The molecule has 4 nitrogen and oxygen atoms in total. The Morgan fingerprint density at radius 2 is 2.08 bits per heavy atom. The molecule has 0 radical (unpaired) electrons. The van der Waals surface area contributed by atoms with Crippen molar-refractivity contribution >= 4 is 11.9 Å². The van der Waals surface area contributed by atoms with E-state index in [1.54, 1.807) is 0 Å². The van der Waals surface area contributed by atoms with Crippen LogP contribution in [-0.2, 0) is 14.3 Å². The molecular weight excluding hydrogens is 155 g/mol. The molecule has 0 aliphatic carbocycles. The number of carbonyl (C=O) groups excluding carboxylic acids is 1. The number of carbonyl (C=O) groups is 2. The third-order valence-corrected chi connectivity index (χ3v) is 1.06. The van der Waals surface area contributed by atoms with Gasteiger partial charge in [0.1, 0.15) is 6.42 Å². The summed E-state index contributed by atoms with van der Waals surface area (Å²) in [7, 11) is 0. The monoisotopic (exact) mass is 168 g/mol. The first-order valence-electron chi connectivity index (χ1n) is 3.54. The Hall–Kier alpha value is -0.463. The van der Waals surface area contributed by atoms with Crippen molar-refractivity contribution in [3.63, 3.8) is 0 Å². The predicted molar refractivity (Wildman–Crippen MR) is 39.2 cm³/mol. The normalized spacial score (nSPS) is 8.42. The van der Waals surface area contributed by atoms with Crippen molar-refractivity contribution in [3.8, 4) is 0 Å². The van der Waals surface area contributed by atoms with Crippen LogP contribution in [0, 0.1) is 0 Å². The third-order valence-electron chi connectivity index (χ3n) is 1.06. The Balaban J connectivity index is -0.000000500. The summed E-state index contributed by atoms with van der Waals surface area (Å²) < 4.78 is 4.57. The van der Waals surface area contributed by atoms with Gasteiger partial charge in [-0.15, -0.1) is 0 Å². The first kappa shape index (κ1) is 14.1. The van der Waals surface area contributed by atoms with E-state index in [1.165, 1.54) is 0 Å². The van der Waals surface area contributed by atoms with E-state index in [0.29, 0.717) is 6.61 Å². The maximum atomic E-state index is 10.5. The Bertz CT molecular complexity index is 151. The zero-order chi connectivity index (χ0) is 8.69. The van der Waals surface area contributed by atoms with E-state index < -0.39 is 18.4 Å². The molecule has 66 valence electrons. The number of hydrogen-bond acceptors (Lipinski definition) is 3. The summed E-state index contributed by atoms with van der Waals surface area (Å²) in [5, 5.41) is 8.14. The molecule has 0 fully saturated rings. The van der Waals surface area contributed by atoms with Crippen LogP contribution in [0.4, 0.5) is 0 Å². The molecular formula is C7H13LiO4. The standard InChI is InChI=1S/C7H12O4.Li.H/c1-2-3-4-11-7(10)5-6(8)9;;/h2-5H2,1H3,(H,8,9);;/q;+1;-1. The van der Waals surface area contributed by atoms with Gasteiger partial charge in [0.15, 0.2) is 0 Å². The molecule has 0 unspecified atom stereocenters. The summed E-state index contributed by atoms with van der Waals surface area (Å²) in [6.45, 7) is 2.29. The van der Waals surface area contributed by atoms with Gasteiger partial charge in [-0.3, -0.25) is 9.59 Å². The first-order valence-corrected chi connectivity index (χ1v) is 3.54. The second-order valence-electron chi connectivity index (χ2n) is 2.14. The number of carboxylic acids is 1. The number of rotatable bonds is 5. The Morgan fingerprint density at radius 1 is 1.50 bits per heavy atom. The molecule has 12 heavy (non-hydrogen) atoms. The molecule has 0 atom stereocenters.